The van der Waals surface area contributed by atoms with Gasteiger partial charge in [-0.2, -0.15) is 0 Å². The summed E-state index contributed by atoms with van der Waals surface area (Å²) in [6.45, 7) is 11.3. The summed E-state index contributed by atoms with van der Waals surface area (Å²) < 4.78 is 0. The molecule has 1 N–H and O–H groups in total. The van der Waals surface area contributed by atoms with Crippen molar-refractivity contribution >= 4 is 17.2 Å². The first-order valence-electron chi connectivity index (χ1n) is 10.7. The Morgan fingerprint density at radius 3 is 2.59 bits per heavy atom. The van der Waals surface area contributed by atoms with Crippen molar-refractivity contribution in [2.75, 3.05) is 32.7 Å². The van der Waals surface area contributed by atoms with Crippen molar-refractivity contribution in [1.82, 2.24) is 20.1 Å². The fraction of sp³-hybridized carbons (Fsp3) is 0.565. The molecule has 6 heteroatoms. The van der Waals surface area contributed by atoms with E-state index in [9.17, 15) is 4.79 Å². The predicted molar refractivity (Wildman–Crippen MR) is 119 cm³/mol. The molecule has 2 aromatic rings. The number of thiazole rings is 1. The van der Waals surface area contributed by atoms with E-state index in [1.165, 1.54) is 41.0 Å². The van der Waals surface area contributed by atoms with Crippen LogP contribution in [0.15, 0.2) is 23.6 Å². The van der Waals surface area contributed by atoms with Gasteiger partial charge in [-0.25, -0.2) is 4.98 Å². The second-order valence-electron chi connectivity index (χ2n) is 9.31. The van der Waals surface area contributed by atoms with Crippen LogP contribution in [0.2, 0.25) is 0 Å². The van der Waals surface area contributed by atoms with E-state index in [0.717, 1.165) is 38.4 Å². The number of piperazine rings is 1. The van der Waals surface area contributed by atoms with Gasteiger partial charge in [-0.1, -0.05) is 12.1 Å². The number of nitrogens with zero attached hydrogens (tertiary/aromatic N) is 3. The maximum absolute atomic E-state index is 12.1. The molecule has 0 spiro atoms. The number of aryl methyl sites for hydroxylation is 2. The van der Waals surface area contributed by atoms with E-state index < -0.39 is 0 Å². The first kappa shape index (κ1) is 20.5. The zero-order valence-corrected chi connectivity index (χ0v) is 18.6. The molecule has 1 aromatic carbocycles. The van der Waals surface area contributed by atoms with Crippen LogP contribution >= 0.6 is 11.3 Å². The van der Waals surface area contributed by atoms with Crippen LogP contribution in [0.5, 0.6) is 0 Å². The van der Waals surface area contributed by atoms with Crippen LogP contribution in [-0.4, -0.2) is 59.0 Å². The van der Waals surface area contributed by atoms with E-state index in [1.807, 2.05) is 20.8 Å². The van der Waals surface area contributed by atoms with Crippen LogP contribution < -0.4 is 5.32 Å². The highest BCUT2D eigenvalue weighted by Gasteiger charge is 2.22. The van der Waals surface area contributed by atoms with Crippen LogP contribution in [0.1, 0.15) is 43.3 Å². The Hall–Kier alpha value is -1.76. The zero-order chi connectivity index (χ0) is 20.4. The number of rotatable bonds is 5. The molecule has 0 bridgehead atoms. The van der Waals surface area contributed by atoms with Crippen LogP contribution in [0, 0.1) is 0 Å². The molecule has 2 aliphatic rings. The minimum absolute atomic E-state index is 0.116. The molecular weight excluding hydrogens is 380 g/mol. The Kier molecular flexibility index (Phi) is 6.04. The highest BCUT2D eigenvalue weighted by Crippen LogP contribution is 2.29. The average molecular weight is 413 g/mol. The van der Waals surface area contributed by atoms with E-state index in [0.29, 0.717) is 6.54 Å². The van der Waals surface area contributed by atoms with Crippen molar-refractivity contribution in [3.05, 3.63) is 39.7 Å². The van der Waals surface area contributed by atoms with Crippen molar-refractivity contribution in [2.45, 2.75) is 52.1 Å². The van der Waals surface area contributed by atoms with Crippen LogP contribution in [0.3, 0.4) is 0 Å². The van der Waals surface area contributed by atoms with Crippen molar-refractivity contribution in [3.8, 4) is 11.3 Å². The van der Waals surface area contributed by atoms with Crippen LogP contribution in [0.25, 0.3) is 11.3 Å². The summed E-state index contributed by atoms with van der Waals surface area (Å²) in [5.74, 6) is 0.116. The van der Waals surface area contributed by atoms with E-state index in [2.05, 4.69) is 38.7 Å². The fourth-order valence-electron chi connectivity index (χ4n) is 4.20. The third kappa shape index (κ3) is 5.44. The van der Waals surface area contributed by atoms with Gasteiger partial charge in [0.1, 0.15) is 5.01 Å². The largest absolute Gasteiger partial charge is 0.350 e. The standard InChI is InChI=1S/C23H32N4OS/c1-23(2,3)25-21(28)14-26-9-11-27(12-10-26)15-22-24-20(16-29-22)19-8-7-17-5-4-6-18(17)13-19/h7-8,13,16H,4-6,9-12,14-15H2,1-3H3,(H,25,28). The Bertz CT molecular complexity index is 862. The molecule has 1 amide bonds. The van der Waals surface area contributed by atoms with Gasteiger partial charge in [-0.05, 0) is 57.2 Å². The normalized spacial score (nSPS) is 18.0. The van der Waals surface area contributed by atoms with Crippen LogP contribution in [-0.2, 0) is 24.2 Å². The topological polar surface area (TPSA) is 48.5 Å². The quantitative estimate of drug-likeness (QED) is 0.818. The lowest BCUT2D eigenvalue weighted by Gasteiger charge is -2.34. The van der Waals surface area contributed by atoms with Gasteiger partial charge in [0.15, 0.2) is 0 Å². The molecule has 1 aromatic heterocycles. The van der Waals surface area contributed by atoms with Gasteiger partial charge in [-0.3, -0.25) is 14.6 Å². The highest BCUT2D eigenvalue weighted by molar-refractivity contribution is 7.09. The Morgan fingerprint density at radius 1 is 1.10 bits per heavy atom. The lowest BCUT2D eigenvalue weighted by atomic mass is 10.1. The molecule has 1 aliphatic carbocycles. The molecule has 156 valence electrons. The molecule has 0 atom stereocenters. The lowest BCUT2D eigenvalue weighted by molar-refractivity contribution is -0.124. The molecule has 1 saturated heterocycles. The fourth-order valence-corrected chi connectivity index (χ4v) is 5.05. The maximum Gasteiger partial charge on any atom is 0.234 e. The Morgan fingerprint density at radius 2 is 1.83 bits per heavy atom. The predicted octanol–water partition coefficient (Wildman–Crippen LogP) is 3.33. The summed E-state index contributed by atoms with van der Waals surface area (Å²) in [6, 6.07) is 6.85. The molecule has 2 heterocycles. The number of fused-ring (bicyclic) bond motifs is 1. The number of amides is 1. The van der Waals surface area contributed by atoms with Gasteiger partial charge in [-0.15, -0.1) is 11.3 Å². The average Bonchev–Trinajstić information content (AvgIpc) is 3.30. The second kappa shape index (κ2) is 8.54. The molecule has 29 heavy (non-hydrogen) atoms. The van der Waals surface area contributed by atoms with Gasteiger partial charge in [0.25, 0.3) is 0 Å². The molecule has 1 fully saturated rings. The first-order chi connectivity index (χ1) is 13.9. The molecule has 5 nitrogen and oxygen atoms in total. The summed E-state index contributed by atoms with van der Waals surface area (Å²) in [7, 11) is 0. The summed E-state index contributed by atoms with van der Waals surface area (Å²) >= 11 is 1.76. The third-order valence-electron chi connectivity index (χ3n) is 5.65. The number of benzene rings is 1. The lowest BCUT2D eigenvalue weighted by Crippen LogP contribution is -2.51. The van der Waals surface area contributed by atoms with E-state index in [-0.39, 0.29) is 11.4 Å². The second-order valence-corrected chi connectivity index (χ2v) is 10.3. The summed E-state index contributed by atoms with van der Waals surface area (Å²) in [5, 5.41) is 6.42. The van der Waals surface area contributed by atoms with Gasteiger partial charge in [0, 0.05) is 42.7 Å². The first-order valence-corrected chi connectivity index (χ1v) is 11.6. The molecule has 4 rings (SSSR count). The number of carbonyl (C=O) groups excluding carboxylic acids is 1. The van der Waals surface area contributed by atoms with Gasteiger partial charge >= 0.3 is 0 Å². The minimum atomic E-state index is -0.166. The molecule has 0 radical (unpaired) electrons. The van der Waals surface area contributed by atoms with Crippen molar-refractivity contribution < 1.29 is 4.79 Å². The molecule has 0 unspecified atom stereocenters. The van der Waals surface area contributed by atoms with Crippen molar-refractivity contribution in [3.63, 3.8) is 0 Å². The molecule has 1 aliphatic heterocycles. The van der Waals surface area contributed by atoms with E-state index in [4.69, 9.17) is 4.98 Å². The number of hydrogen-bond acceptors (Lipinski definition) is 5. The van der Waals surface area contributed by atoms with E-state index >= 15 is 0 Å². The monoisotopic (exact) mass is 412 g/mol. The van der Waals surface area contributed by atoms with Crippen LogP contribution in [0.4, 0.5) is 0 Å². The number of aromatic nitrogens is 1. The van der Waals surface area contributed by atoms with Crippen molar-refractivity contribution in [1.29, 1.82) is 0 Å². The van der Waals surface area contributed by atoms with Crippen molar-refractivity contribution in [2.24, 2.45) is 0 Å². The Labute approximate surface area is 178 Å². The van der Waals surface area contributed by atoms with E-state index in [1.54, 1.807) is 11.3 Å². The van der Waals surface area contributed by atoms with Gasteiger partial charge in [0.05, 0.1) is 18.8 Å². The maximum atomic E-state index is 12.1. The third-order valence-corrected chi connectivity index (χ3v) is 6.48. The number of hydrogen-bond donors (Lipinski definition) is 1. The highest BCUT2D eigenvalue weighted by atomic mass is 32.1. The van der Waals surface area contributed by atoms with Gasteiger partial charge < -0.3 is 5.32 Å². The Balaban J connectivity index is 1.28. The SMILES string of the molecule is CC(C)(C)NC(=O)CN1CCN(Cc2nc(-c3ccc4c(c3)CCC4)cs2)CC1. The summed E-state index contributed by atoms with van der Waals surface area (Å²) in [5.41, 5.74) is 5.21. The van der Waals surface area contributed by atoms with Gasteiger partial charge in [0.2, 0.25) is 5.91 Å². The number of carbonyl (C=O) groups is 1. The zero-order valence-electron chi connectivity index (χ0n) is 17.8. The molecular formula is C23H32N4OS. The number of nitrogens with one attached hydrogen (secondary N) is 1. The smallest absolute Gasteiger partial charge is 0.234 e. The summed E-state index contributed by atoms with van der Waals surface area (Å²) in [4.78, 5) is 21.7. The molecule has 0 saturated carbocycles. The summed E-state index contributed by atoms with van der Waals surface area (Å²) in [6.07, 6.45) is 3.71. The minimum Gasteiger partial charge on any atom is -0.350 e.